The van der Waals surface area contributed by atoms with Crippen molar-refractivity contribution in [1.29, 1.82) is 0 Å². The Balaban J connectivity index is 2.15. The quantitative estimate of drug-likeness (QED) is 0.896. The lowest BCUT2D eigenvalue weighted by Gasteiger charge is -2.24. The van der Waals surface area contributed by atoms with Gasteiger partial charge in [0, 0.05) is 6.54 Å². The van der Waals surface area contributed by atoms with Crippen LogP contribution in [-0.2, 0) is 11.2 Å². The highest BCUT2D eigenvalue weighted by atomic mass is 19.1. The molecule has 2 unspecified atom stereocenters. The lowest BCUT2D eigenvalue weighted by molar-refractivity contribution is -0.140. The van der Waals surface area contributed by atoms with Crippen LogP contribution in [0.5, 0.6) is 0 Å². The molecule has 2 N–H and O–H groups in total. The molecule has 2 rings (SSSR count). The number of nitrogens with one attached hydrogen (secondary N) is 1. The summed E-state index contributed by atoms with van der Waals surface area (Å²) in [6, 6.07) is 2.88. The van der Waals surface area contributed by atoms with E-state index in [9.17, 15) is 19.1 Å². The third kappa shape index (κ3) is 3.15. The molecule has 6 heteroatoms. The number of benzene rings is 1. The minimum atomic E-state index is -1.06. The molecule has 1 heterocycles. The number of rotatable bonds is 4. The van der Waals surface area contributed by atoms with Crippen LogP contribution in [0.4, 0.5) is 14.9 Å². The number of urea groups is 1. The molecule has 0 aliphatic carbocycles. The largest absolute Gasteiger partial charge is 0.480 e. The molecule has 1 aliphatic heterocycles. The number of anilines is 1. The number of amides is 2. The second-order valence-electron chi connectivity index (χ2n) is 5.33. The predicted molar refractivity (Wildman–Crippen MR) is 76.9 cm³/mol. The summed E-state index contributed by atoms with van der Waals surface area (Å²) in [4.78, 5) is 24.9. The predicted octanol–water partition coefficient (Wildman–Crippen LogP) is 2.40. The zero-order valence-corrected chi connectivity index (χ0v) is 12.1. The Labute approximate surface area is 122 Å². The van der Waals surface area contributed by atoms with Crippen molar-refractivity contribution in [3.8, 4) is 0 Å². The number of nitrogens with zero attached hydrogens (tertiary/aromatic N) is 1. The van der Waals surface area contributed by atoms with Gasteiger partial charge in [-0.25, -0.2) is 14.0 Å². The monoisotopic (exact) mass is 294 g/mol. The molecule has 1 aliphatic rings. The highest BCUT2D eigenvalue weighted by molar-refractivity contribution is 5.96. The third-order valence-corrected chi connectivity index (χ3v) is 3.95. The van der Waals surface area contributed by atoms with Crippen molar-refractivity contribution in [2.45, 2.75) is 32.7 Å². The maximum atomic E-state index is 13.3. The van der Waals surface area contributed by atoms with Crippen molar-refractivity contribution in [2.24, 2.45) is 5.92 Å². The van der Waals surface area contributed by atoms with Gasteiger partial charge in [-0.2, -0.15) is 0 Å². The van der Waals surface area contributed by atoms with Crippen molar-refractivity contribution in [3.63, 3.8) is 0 Å². The average Bonchev–Trinajstić information content (AvgIpc) is 2.86. The zero-order valence-electron chi connectivity index (χ0n) is 12.1. The Morgan fingerprint density at radius 2 is 2.19 bits per heavy atom. The average molecular weight is 294 g/mol. The number of carboxylic acid groups (broad SMARTS) is 1. The van der Waals surface area contributed by atoms with Crippen LogP contribution in [0.25, 0.3) is 0 Å². The van der Waals surface area contributed by atoms with Crippen molar-refractivity contribution in [1.82, 2.24) is 5.32 Å². The summed E-state index contributed by atoms with van der Waals surface area (Å²) in [5.74, 6) is -1.65. The van der Waals surface area contributed by atoms with E-state index in [0.29, 0.717) is 25.1 Å². The van der Waals surface area contributed by atoms with E-state index in [1.54, 1.807) is 13.0 Å². The molecule has 0 saturated heterocycles. The first-order valence-electron chi connectivity index (χ1n) is 7.03. The first-order valence-corrected chi connectivity index (χ1v) is 7.03. The van der Waals surface area contributed by atoms with Gasteiger partial charge in [0.05, 0.1) is 5.69 Å². The van der Waals surface area contributed by atoms with Crippen LogP contribution in [0.15, 0.2) is 18.2 Å². The van der Waals surface area contributed by atoms with Gasteiger partial charge >= 0.3 is 12.0 Å². The fourth-order valence-corrected chi connectivity index (χ4v) is 2.46. The molecule has 2 amide bonds. The molecule has 0 fully saturated rings. The molecule has 0 saturated carbocycles. The number of halogens is 1. The van der Waals surface area contributed by atoms with Crippen LogP contribution in [-0.4, -0.2) is 29.7 Å². The number of carbonyl (C=O) groups is 2. The van der Waals surface area contributed by atoms with E-state index in [0.717, 1.165) is 5.56 Å². The lowest BCUT2D eigenvalue weighted by atomic mass is 9.99. The van der Waals surface area contributed by atoms with Crippen LogP contribution in [0.2, 0.25) is 0 Å². The molecule has 0 radical (unpaired) electrons. The third-order valence-electron chi connectivity index (χ3n) is 3.95. The summed E-state index contributed by atoms with van der Waals surface area (Å²) in [5, 5.41) is 11.7. The number of hydrogen-bond acceptors (Lipinski definition) is 2. The van der Waals surface area contributed by atoms with E-state index in [4.69, 9.17) is 0 Å². The maximum Gasteiger partial charge on any atom is 0.326 e. The van der Waals surface area contributed by atoms with E-state index in [1.807, 2.05) is 6.92 Å². The van der Waals surface area contributed by atoms with Gasteiger partial charge < -0.3 is 10.4 Å². The van der Waals surface area contributed by atoms with Gasteiger partial charge in [0.25, 0.3) is 0 Å². The lowest BCUT2D eigenvalue weighted by Crippen LogP contribution is -2.50. The van der Waals surface area contributed by atoms with E-state index in [1.165, 1.54) is 17.0 Å². The number of aliphatic carboxylic acids is 1. The van der Waals surface area contributed by atoms with Gasteiger partial charge in [-0.1, -0.05) is 26.3 Å². The SMILES string of the molecule is CCC(C)C(NC(=O)N1CCc2ccc(F)cc21)C(=O)O. The van der Waals surface area contributed by atoms with Gasteiger partial charge in [0.1, 0.15) is 11.9 Å². The topological polar surface area (TPSA) is 69.6 Å². The summed E-state index contributed by atoms with van der Waals surface area (Å²) in [6.45, 7) is 4.07. The highest BCUT2D eigenvalue weighted by Gasteiger charge is 2.30. The summed E-state index contributed by atoms with van der Waals surface area (Å²) >= 11 is 0. The second kappa shape index (κ2) is 6.11. The number of fused-ring (bicyclic) bond motifs is 1. The van der Waals surface area contributed by atoms with Crippen LogP contribution in [0.1, 0.15) is 25.8 Å². The Morgan fingerprint density at radius 3 is 2.81 bits per heavy atom. The van der Waals surface area contributed by atoms with Gasteiger partial charge in [-0.3, -0.25) is 4.90 Å². The van der Waals surface area contributed by atoms with Gasteiger partial charge in [-0.05, 0) is 30.0 Å². The van der Waals surface area contributed by atoms with Gasteiger partial charge in [0.15, 0.2) is 0 Å². The van der Waals surface area contributed by atoms with Crippen molar-refractivity contribution in [2.75, 3.05) is 11.4 Å². The zero-order chi connectivity index (χ0) is 15.6. The summed E-state index contributed by atoms with van der Waals surface area (Å²) in [7, 11) is 0. The normalized spacial score (nSPS) is 16.2. The molecule has 21 heavy (non-hydrogen) atoms. The summed E-state index contributed by atoms with van der Waals surface area (Å²) < 4.78 is 13.3. The second-order valence-corrected chi connectivity index (χ2v) is 5.33. The Hall–Kier alpha value is -2.11. The molecule has 0 aromatic heterocycles. The molecule has 2 atom stereocenters. The number of carbonyl (C=O) groups excluding carboxylic acids is 1. The highest BCUT2D eigenvalue weighted by Crippen LogP contribution is 2.28. The summed E-state index contributed by atoms with van der Waals surface area (Å²) in [6.07, 6.45) is 1.28. The Morgan fingerprint density at radius 1 is 1.48 bits per heavy atom. The smallest absolute Gasteiger partial charge is 0.326 e. The molecule has 0 spiro atoms. The standard InChI is InChI=1S/C15H19FN2O3/c1-3-9(2)13(14(19)20)17-15(21)18-7-6-10-4-5-11(16)8-12(10)18/h4-5,8-9,13H,3,6-7H2,1-2H3,(H,17,21)(H,19,20). The van der Waals surface area contributed by atoms with E-state index >= 15 is 0 Å². The first-order chi connectivity index (χ1) is 9.93. The first kappa shape index (κ1) is 15.3. The Kier molecular flexibility index (Phi) is 4.45. The van der Waals surface area contributed by atoms with Crippen LogP contribution < -0.4 is 10.2 Å². The van der Waals surface area contributed by atoms with E-state index in [2.05, 4.69) is 5.32 Å². The van der Waals surface area contributed by atoms with Crippen molar-refractivity contribution >= 4 is 17.7 Å². The maximum absolute atomic E-state index is 13.3. The van der Waals surface area contributed by atoms with E-state index < -0.39 is 23.9 Å². The van der Waals surface area contributed by atoms with Crippen LogP contribution in [0.3, 0.4) is 0 Å². The molecule has 114 valence electrons. The fraction of sp³-hybridized carbons (Fsp3) is 0.467. The molecule has 1 aromatic carbocycles. The Bertz CT molecular complexity index is 562. The van der Waals surface area contributed by atoms with Crippen LogP contribution >= 0.6 is 0 Å². The molecular weight excluding hydrogens is 275 g/mol. The molecule has 0 bridgehead atoms. The van der Waals surface area contributed by atoms with Gasteiger partial charge in [-0.15, -0.1) is 0 Å². The fourth-order valence-electron chi connectivity index (χ4n) is 2.46. The molecule has 5 nitrogen and oxygen atoms in total. The summed E-state index contributed by atoms with van der Waals surface area (Å²) in [5.41, 5.74) is 1.41. The minimum absolute atomic E-state index is 0.180. The van der Waals surface area contributed by atoms with Crippen molar-refractivity contribution < 1.29 is 19.1 Å². The minimum Gasteiger partial charge on any atom is -0.480 e. The number of hydrogen-bond donors (Lipinski definition) is 2. The molecule has 1 aromatic rings. The molecular formula is C15H19FN2O3. The van der Waals surface area contributed by atoms with E-state index in [-0.39, 0.29) is 5.92 Å². The van der Waals surface area contributed by atoms with Crippen LogP contribution in [0, 0.1) is 11.7 Å². The number of carboxylic acids is 1. The van der Waals surface area contributed by atoms with Crippen molar-refractivity contribution in [3.05, 3.63) is 29.6 Å². The van der Waals surface area contributed by atoms with Gasteiger partial charge in [0.2, 0.25) is 0 Å².